The van der Waals surface area contributed by atoms with Gasteiger partial charge in [0.2, 0.25) is 0 Å². The molecule has 0 aliphatic heterocycles. The van der Waals surface area contributed by atoms with E-state index in [2.05, 4.69) is 0 Å². The summed E-state index contributed by atoms with van der Waals surface area (Å²) >= 11 is 0. The zero-order valence-corrected chi connectivity index (χ0v) is 33.7. The minimum absolute atomic E-state index is 0. The second-order valence-electron chi connectivity index (χ2n) is 3.58. The van der Waals surface area contributed by atoms with E-state index < -0.39 is 62.6 Å². The summed E-state index contributed by atoms with van der Waals surface area (Å²) in [5.41, 5.74) is 0. The molecule has 0 aliphatic carbocycles. The van der Waals surface area contributed by atoms with Gasteiger partial charge >= 0.3 is 107 Å². The maximum absolute atomic E-state index is 8.55. The molecule has 0 aliphatic rings. The van der Waals surface area contributed by atoms with Crippen molar-refractivity contribution in [2.75, 3.05) is 0 Å². The summed E-state index contributed by atoms with van der Waals surface area (Å²) in [6, 6.07) is 0. The van der Waals surface area contributed by atoms with Gasteiger partial charge in [0.1, 0.15) is 0 Å². The van der Waals surface area contributed by atoms with Crippen LogP contribution < -0.4 is 117 Å². The molecular formula is Fe3O32P8V3. The van der Waals surface area contributed by atoms with Crippen LogP contribution in [0.1, 0.15) is 0 Å². The van der Waals surface area contributed by atoms with Gasteiger partial charge in [-0.05, 0) is 0 Å². The molecule has 271 valence electrons. The van der Waals surface area contributed by atoms with Crippen LogP contribution in [0.3, 0.4) is 0 Å². The van der Waals surface area contributed by atoms with Crippen LogP contribution in [-0.2, 0) is 143 Å². The van der Waals surface area contributed by atoms with Gasteiger partial charge in [-0.25, -0.2) is 0 Å². The molecule has 0 amide bonds. The van der Waals surface area contributed by atoms with Crippen LogP contribution in [0.2, 0.25) is 0 Å². The van der Waals surface area contributed by atoms with E-state index in [1.807, 2.05) is 0 Å². The minimum atomic E-state index is -5.39. The molecule has 32 nitrogen and oxygen atoms in total. The summed E-state index contributed by atoms with van der Waals surface area (Å²) in [7, 11) is -43.1. The van der Waals surface area contributed by atoms with Gasteiger partial charge in [-0.1, -0.05) is 0 Å². The van der Waals surface area contributed by atoms with E-state index in [9.17, 15) is 0 Å². The van der Waals surface area contributed by atoms with E-state index in [-0.39, 0.29) is 107 Å². The summed E-state index contributed by atoms with van der Waals surface area (Å²) in [6.07, 6.45) is 0. The molecule has 0 atom stereocenters. The van der Waals surface area contributed by atoms with Crippen molar-refractivity contribution < 1.29 is 261 Å². The Kier molecular flexibility index (Phi) is 84.5. The summed E-state index contributed by atoms with van der Waals surface area (Å²) in [4.78, 5) is 205. The second-order valence-corrected chi connectivity index (χ2v) is 10.7. The van der Waals surface area contributed by atoms with Crippen molar-refractivity contribution in [2.45, 2.75) is 0 Å². The van der Waals surface area contributed by atoms with Crippen molar-refractivity contribution in [3.8, 4) is 0 Å². The van der Waals surface area contributed by atoms with Crippen LogP contribution in [0.15, 0.2) is 0 Å². The van der Waals surface area contributed by atoms with Crippen LogP contribution in [0.4, 0.5) is 0 Å². The average Bonchev–Trinajstić information content (AvgIpc) is 2.16. The Bertz CT molecular complexity index is 670. The van der Waals surface area contributed by atoms with Gasteiger partial charge in [-0.3, -0.25) is 0 Å². The van der Waals surface area contributed by atoms with Crippen LogP contribution in [0.25, 0.3) is 0 Å². The second kappa shape index (κ2) is 41.9. The fraction of sp³-hybridized carbons (Fsp3) is 0. The summed E-state index contributed by atoms with van der Waals surface area (Å²) in [6.45, 7) is 0. The van der Waals surface area contributed by atoms with Crippen LogP contribution in [-0.4, -0.2) is 0 Å². The Hall–Kier alpha value is 4.19. The predicted octanol–water partition coefficient (Wildman–Crippen LogP) is -22.6. The van der Waals surface area contributed by atoms with Gasteiger partial charge in [-0.2, -0.15) is 62.6 Å². The van der Waals surface area contributed by atoms with Crippen molar-refractivity contribution in [2.24, 2.45) is 0 Å². The zero-order chi connectivity index (χ0) is 36.0. The van der Waals surface area contributed by atoms with Crippen molar-refractivity contribution in [3.05, 3.63) is 0 Å². The van der Waals surface area contributed by atoms with Crippen molar-refractivity contribution in [3.63, 3.8) is 0 Å². The van der Waals surface area contributed by atoms with E-state index in [4.69, 9.17) is 154 Å². The predicted molar refractivity (Wildman–Crippen MR) is 60.9 cm³/mol. The molecule has 0 aromatic carbocycles. The van der Waals surface area contributed by atoms with Crippen LogP contribution in [0, 0.1) is 0 Å². The van der Waals surface area contributed by atoms with Crippen molar-refractivity contribution >= 4 is 62.6 Å². The Balaban J connectivity index is -0.0000000208. The standard InChI is InChI=1S/3Fe.8H3O4P.3V/c;;;8*1-5(2,3)4;;;/h;;;8*(H3,1,2,3,4);;;/q3*+3;;;;;;;;;3*+5/p-24. The van der Waals surface area contributed by atoms with Gasteiger partial charge in [-0.15, -0.1) is 0 Å². The molecule has 0 spiro atoms. The third kappa shape index (κ3) is 6110. The zero-order valence-electron chi connectivity index (χ0n) is 19.0. The molecule has 0 bridgehead atoms. The molecule has 0 N–H and O–H groups in total. The summed E-state index contributed by atoms with van der Waals surface area (Å²) in [5, 5.41) is 0. The van der Waals surface area contributed by atoms with E-state index >= 15 is 0 Å². The van der Waals surface area contributed by atoms with Gasteiger partial charge in [0, 0.05) is 0 Å². The average molecular weight is 1080 g/mol. The minimum Gasteiger partial charge on any atom is -0.822 e. The third-order valence-electron chi connectivity index (χ3n) is 0. The maximum Gasteiger partial charge on any atom is 5.00 e. The molecule has 0 unspecified atom stereocenters. The molecule has 0 fully saturated rings. The summed E-state index contributed by atoms with van der Waals surface area (Å²) in [5.74, 6) is 0. The molecule has 46 heavy (non-hydrogen) atoms. The van der Waals surface area contributed by atoms with E-state index in [1.54, 1.807) is 0 Å². The fourth-order valence-electron chi connectivity index (χ4n) is 0. The topological polar surface area (TPSA) is 690 Å². The van der Waals surface area contributed by atoms with Crippen molar-refractivity contribution in [1.82, 2.24) is 0 Å². The Morgan fingerprint density at radius 2 is 0.174 bits per heavy atom. The smallest absolute Gasteiger partial charge is 0.822 e. The Labute approximate surface area is 321 Å². The first-order valence-electron chi connectivity index (χ1n) is 5.84. The van der Waals surface area contributed by atoms with Crippen LogP contribution in [0.5, 0.6) is 0 Å². The van der Waals surface area contributed by atoms with E-state index in [0.29, 0.717) is 0 Å². The fourth-order valence-corrected chi connectivity index (χ4v) is 0. The molecule has 0 rings (SSSR count). The molecule has 0 aromatic rings. The summed E-state index contributed by atoms with van der Waals surface area (Å²) < 4.78 is 68.4. The molecular weight excluding hydrogens is 1080 g/mol. The Morgan fingerprint density at radius 1 is 0.174 bits per heavy atom. The first-order chi connectivity index (χ1) is 16.0. The molecule has 0 heterocycles. The maximum atomic E-state index is 8.55. The largest absolute Gasteiger partial charge is 5.00 e. The van der Waals surface area contributed by atoms with E-state index in [0.717, 1.165) is 0 Å². The number of phosphoric acid groups is 8. The third-order valence-corrected chi connectivity index (χ3v) is 0. The van der Waals surface area contributed by atoms with Gasteiger partial charge in [0.25, 0.3) is 0 Å². The monoisotopic (exact) mass is 1080 g/mol. The number of rotatable bonds is 0. The van der Waals surface area contributed by atoms with Gasteiger partial charge in [0.15, 0.2) is 0 Å². The number of hydrogen-bond donors (Lipinski definition) is 0. The normalized spacial score (nSPS) is 10.3. The first kappa shape index (κ1) is 92.7. The first-order valence-corrected chi connectivity index (χ1v) is 17.5. The number of hydrogen-bond acceptors (Lipinski definition) is 32. The van der Waals surface area contributed by atoms with Crippen molar-refractivity contribution in [1.29, 1.82) is 0 Å². The molecule has 3 radical (unpaired) electrons. The molecule has 0 saturated heterocycles. The van der Waals surface area contributed by atoms with E-state index in [1.165, 1.54) is 0 Å². The molecule has 0 saturated carbocycles. The van der Waals surface area contributed by atoms with Gasteiger partial charge < -0.3 is 154 Å². The molecule has 46 heteroatoms. The molecule has 0 aromatic heterocycles. The SMILES string of the molecule is O=P([O-])([O-])[O-].O=P([O-])([O-])[O-].O=P([O-])([O-])[O-].O=P([O-])([O-])[O-].O=P([O-])([O-])[O-].O=P([O-])([O-])[O-].O=P([O-])([O-])[O-].O=P([O-])([O-])[O-].[Fe+3].[Fe+3].[Fe+3].[V+5].[V+5].[V+5]. The van der Waals surface area contributed by atoms with Crippen LogP contribution >= 0.6 is 62.6 Å². The Morgan fingerprint density at radius 3 is 0.174 bits per heavy atom. The van der Waals surface area contributed by atoms with Gasteiger partial charge in [0.05, 0.1) is 0 Å². The quantitative estimate of drug-likeness (QED) is 0.161.